The lowest BCUT2D eigenvalue weighted by Crippen LogP contribution is -2.51. The molecule has 1 unspecified atom stereocenters. The van der Waals surface area contributed by atoms with E-state index >= 15 is 0 Å². The second kappa shape index (κ2) is 11.1. The van der Waals surface area contributed by atoms with E-state index in [1.165, 1.54) is 49.8 Å². The van der Waals surface area contributed by atoms with Crippen LogP contribution < -0.4 is 15.8 Å². The number of carbonyl (C=O) groups is 2. The zero-order chi connectivity index (χ0) is 32.9. The molecular formula is C32H24F4N6O4. The summed E-state index contributed by atoms with van der Waals surface area (Å²) in [6, 6.07) is 13.3. The van der Waals surface area contributed by atoms with Gasteiger partial charge in [-0.1, -0.05) is 6.07 Å². The third kappa shape index (κ3) is 5.15. The molecule has 2 amide bonds. The predicted molar refractivity (Wildman–Crippen MR) is 157 cm³/mol. The number of benzene rings is 2. The van der Waals surface area contributed by atoms with Crippen molar-refractivity contribution in [2.24, 2.45) is 5.73 Å². The van der Waals surface area contributed by atoms with Crippen molar-refractivity contribution in [3.8, 4) is 28.4 Å². The summed E-state index contributed by atoms with van der Waals surface area (Å²) >= 11 is 0. The topological polar surface area (TPSA) is 153 Å². The molecule has 0 spiro atoms. The number of carbonyl (C=O) groups excluding carboxylic acids is 2. The number of pyridine rings is 2. The van der Waals surface area contributed by atoms with Gasteiger partial charge in [-0.2, -0.15) is 13.2 Å². The number of amides is 2. The van der Waals surface area contributed by atoms with Gasteiger partial charge in [-0.05, 0) is 61.5 Å². The molecule has 4 N–H and O–H groups in total. The highest BCUT2D eigenvalue weighted by molar-refractivity contribution is 6.02. The smallest absolute Gasteiger partial charge is 0.424 e. The number of nitrogens with zero attached hydrogens (tertiary/aromatic N) is 4. The van der Waals surface area contributed by atoms with Gasteiger partial charge in [0.25, 0.3) is 5.91 Å². The fourth-order valence-corrected chi connectivity index (χ4v) is 5.18. The Hall–Kier alpha value is -5.50. The maximum atomic E-state index is 14.8. The van der Waals surface area contributed by atoms with Crippen molar-refractivity contribution < 1.29 is 37.0 Å². The molecule has 2 atom stereocenters. The van der Waals surface area contributed by atoms with Crippen LogP contribution in [0.5, 0.6) is 5.75 Å². The molecule has 0 radical (unpaired) electrons. The zero-order valence-corrected chi connectivity index (χ0v) is 24.0. The minimum absolute atomic E-state index is 0.0364. The van der Waals surface area contributed by atoms with Crippen molar-refractivity contribution in [1.29, 1.82) is 0 Å². The van der Waals surface area contributed by atoms with Gasteiger partial charge in [-0.25, -0.2) is 19.3 Å². The van der Waals surface area contributed by atoms with Crippen molar-refractivity contribution in [2.75, 3.05) is 13.2 Å². The second-order valence-corrected chi connectivity index (χ2v) is 10.9. The van der Waals surface area contributed by atoms with E-state index in [2.05, 4.69) is 25.3 Å². The van der Waals surface area contributed by atoms with Gasteiger partial charge in [0.15, 0.2) is 5.82 Å². The fourth-order valence-electron chi connectivity index (χ4n) is 5.18. The summed E-state index contributed by atoms with van der Waals surface area (Å²) in [4.78, 5) is 42.7. The first kappa shape index (κ1) is 30.5. The molecule has 3 aromatic heterocycles. The highest BCUT2D eigenvalue weighted by atomic mass is 19.4. The minimum Gasteiger partial charge on any atom is -0.489 e. The van der Waals surface area contributed by atoms with E-state index < -0.39 is 47.1 Å². The van der Waals surface area contributed by atoms with Crippen molar-refractivity contribution in [3.05, 3.63) is 102 Å². The van der Waals surface area contributed by atoms with E-state index in [1.54, 1.807) is 18.2 Å². The van der Waals surface area contributed by atoms with Crippen LogP contribution in [-0.4, -0.2) is 56.2 Å². The van der Waals surface area contributed by atoms with Gasteiger partial charge in [0.2, 0.25) is 11.5 Å². The summed E-state index contributed by atoms with van der Waals surface area (Å²) in [5, 5.41) is 14.0. The number of aliphatic hydroxyl groups is 1. The molecule has 1 aliphatic rings. The molecule has 0 aliphatic carbocycles. The molecule has 14 heteroatoms. The van der Waals surface area contributed by atoms with Crippen LogP contribution in [-0.2, 0) is 15.8 Å². The van der Waals surface area contributed by atoms with Gasteiger partial charge >= 0.3 is 6.18 Å². The van der Waals surface area contributed by atoms with Crippen molar-refractivity contribution in [2.45, 2.75) is 24.1 Å². The number of hydrogen-bond donors (Lipinski definition) is 3. The molecule has 6 rings (SSSR count). The molecule has 1 aliphatic heterocycles. The normalized spacial score (nSPS) is 17.2. The van der Waals surface area contributed by atoms with E-state index in [1.807, 2.05) is 0 Å². The van der Waals surface area contributed by atoms with E-state index in [0.29, 0.717) is 16.5 Å². The number of nitrogens with two attached hydrogens (primary N) is 1. The van der Waals surface area contributed by atoms with Gasteiger partial charge in [0.1, 0.15) is 29.3 Å². The number of aromatic nitrogens is 4. The maximum absolute atomic E-state index is 14.8. The third-order valence-corrected chi connectivity index (χ3v) is 7.91. The summed E-state index contributed by atoms with van der Waals surface area (Å²) in [7, 11) is 0. The summed E-state index contributed by atoms with van der Waals surface area (Å²) in [5.41, 5.74) is 0.0631. The number of ether oxygens (including phenoxy) is 1. The summed E-state index contributed by atoms with van der Waals surface area (Å²) in [5.74, 6) is -2.24. The van der Waals surface area contributed by atoms with Crippen molar-refractivity contribution >= 4 is 22.7 Å². The number of hydrogen-bond acceptors (Lipinski definition) is 8. The fraction of sp³-hybridized carbons (Fsp3) is 0.188. The second-order valence-electron chi connectivity index (χ2n) is 10.9. The van der Waals surface area contributed by atoms with Crippen LogP contribution >= 0.6 is 0 Å². The Bertz CT molecular complexity index is 1990. The quantitative estimate of drug-likeness (QED) is 0.226. The summed E-state index contributed by atoms with van der Waals surface area (Å²) in [6.45, 7) is -0.279. The summed E-state index contributed by atoms with van der Waals surface area (Å²) < 4.78 is 63.7. The van der Waals surface area contributed by atoms with Gasteiger partial charge in [0, 0.05) is 46.2 Å². The van der Waals surface area contributed by atoms with Crippen LogP contribution in [0.2, 0.25) is 0 Å². The molecule has 0 saturated heterocycles. The van der Waals surface area contributed by atoms with E-state index in [0.717, 1.165) is 18.2 Å². The Morgan fingerprint density at radius 2 is 1.72 bits per heavy atom. The van der Waals surface area contributed by atoms with E-state index in [-0.39, 0.29) is 40.6 Å². The molecule has 0 saturated carbocycles. The van der Waals surface area contributed by atoms with Gasteiger partial charge < -0.3 is 20.9 Å². The number of fused-ring (bicyclic) bond motifs is 2. The molecule has 2 aromatic carbocycles. The monoisotopic (exact) mass is 632 g/mol. The maximum Gasteiger partial charge on any atom is 0.424 e. The number of rotatable bonds is 7. The Morgan fingerprint density at radius 1 is 1.02 bits per heavy atom. The van der Waals surface area contributed by atoms with Crippen LogP contribution in [0.1, 0.15) is 28.5 Å². The molecule has 0 fully saturated rings. The number of alkyl halides is 3. The van der Waals surface area contributed by atoms with Crippen molar-refractivity contribution in [1.82, 2.24) is 25.3 Å². The molecule has 234 valence electrons. The molecule has 4 heterocycles. The van der Waals surface area contributed by atoms with E-state index in [9.17, 15) is 32.3 Å². The van der Waals surface area contributed by atoms with Crippen LogP contribution in [0.25, 0.3) is 33.5 Å². The first-order valence-corrected chi connectivity index (χ1v) is 13.8. The Balaban J connectivity index is 1.42. The highest BCUT2D eigenvalue weighted by Crippen LogP contribution is 2.47. The molecule has 5 aromatic rings. The Morgan fingerprint density at radius 3 is 2.39 bits per heavy atom. The van der Waals surface area contributed by atoms with Gasteiger partial charge in [-0.15, -0.1) is 0 Å². The molecule has 0 bridgehead atoms. The lowest BCUT2D eigenvalue weighted by Gasteiger charge is -2.31. The molecule has 46 heavy (non-hydrogen) atoms. The largest absolute Gasteiger partial charge is 0.489 e. The van der Waals surface area contributed by atoms with Crippen LogP contribution in [0.3, 0.4) is 0 Å². The van der Waals surface area contributed by atoms with Gasteiger partial charge in [0.05, 0.1) is 17.8 Å². The van der Waals surface area contributed by atoms with Crippen LogP contribution in [0.4, 0.5) is 17.6 Å². The highest BCUT2D eigenvalue weighted by Gasteiger charge is 2.57. The van der Waals surface area contributed by atoms with Crippen LogP contribution in [0, 0.1) is 5.82 Å². The van der Waals surface area contributed by atoms with Crippen LogP contribution in [0.15, 0.2) is 79.3 Å². The SMILES string of the molecule is C[C@]1(C(N)=O)COc2c1cc(C(O)(CNC(=O)c1cc(-c3ncccn3)c3ncccc3c1)C(F)(F)F)nc2-c1ccc(F)cc1. The van der Waals surface area contributed by atoms with Gasteiger partial charge in [-0.3, -0.25) is 14.6 Å². The number of nitrogens with one attached hydrogen (secondary N) is 1. The Kier molecular flexibility index (Phi) is 7.39. The van der Waals surface area contributed by atoms with Crippen molar-refractivity contribution in [3.63, 3.8) is 0 Å². The standard InChI is InChI=1S/C32H24F4N6O4/c1-30(29(37)44)16-46-26-22(30)14-23(42-25(26)17-5-7-20(33)8-6-17)31(45,32(34,35)36)15-41-28(43)19-12-18-4-2-9-38-24(18)21(13-19)27-39-10-3-11-40-27/h2-14,45H,15-16H2,1H3,(H2,37,44)(H,41,43)/t30-,31?/m0/s1. The third-order valence-electron chi connectivity index (χ3n) is 7.91. The first-order chi connectivity index (χ1) is 21.8. The lowest BCUT2D eigenvalue weighted by atomic mass is 9.81. The average Bonchev–Trinajstić information content (AvgIpc) is 3.40. The molecule has 10 nitrogen and oxygen atoms in total. The minimum atomic E-state index is -5.37. The summed E-state index contributed by atoms with van der Waals surface area (Å²) in [6.07, 6.45) is -0.854. The Labute approximate surface area is 258 Å². The first-order valence-electron chi connectivity index (χ1n) is 13.8. The number of halogens is 4. The zero-order valence-electron chi connectivity index (χ0n) is 24.0. The molecular weight excluding hydrogens is 608 g/mol. The average molecular weight is 633 g/mol. The van der Waals surface area contributed by atoms with E-state index in [4.69, 9.17) is 10.5 Å². The number of primary amides is 1. The lowest BCUT2D eigenvalue weighted by molar-refractivity contribution is -0.265. The predicted octanol–water partition coefficient (Wildman–Crippen LogP) is 4.21.